The second-order valence-electron chi connectivity index (χ2n) is 13.7. The van der Waals surface area contributed by atoms with E-state index in [1.54, 1.807) is 0 Å². The molecule has 0 radical (unpaired) electrons. The van der Waals surface area contributed by atoms with Crippen molar-refractivity contribution in [2.75, 3.05) is 4.90 Å². The minimum absolute atomic E-state index is 0.0559. The number of fused-ring (bicyclic) bond motifs is 3. The van der Waals surface area contributed by atoms with Gasteiger partial charge in [-0.15, -0.1) is 0 Å². The molecule has 0 N–H and O–H groups in total. The van der Waals surface area contributed by atoms with Gasteiger partial charge in [0.1, 0.15) is 0 Å². The third-order valence-corrected chi connectivity index (χ3v) is 10.9. The first-order valence-electron chi connectivity index (χ1n) is 18.0. The molecule has 0 aliphatic heterocycles. The Labute approximate surface area is 294 Å². The van der Waals surface area contributed by atoms with Crippen LogP contribution in [0.3, 0.4) is 0 Å². The molecule has 1 fully saturated rings. The molecule has 0 unspecified atom stereocenters. The number of aromatic nitrogens is 1. The number of rotatable bonds is 7. The van der Waals surface area contributed by atoms with Gasteiger partial charge in [0.25, 0.3) is 0 Å². The second-order valence-corrected chi connectivity index (χ2v) is 13.7. The topological polar surface area (TPSA) is 8.17 Å². The summed E-state index contributed by atoms with van der Waals surface area (Å²) in [5, 5.41) is 2.51. The Morgan fingerprint density at radius 2 is 1.02 bits per heavy atom. The van der Waals surface area contributed by atoms with Crippen LogP contribution >= 0.6 is 0 Å². The largest absolute Gasteiger partial charge is 0.310 e. The molecule has 0 amide bonds. The van der Waals surface area contributed by atoms with Crippen LogP contribution in [0.2, 0.25) is 0 Å². The lowest BCUT2D eigenvalue weighted by Crippen LogP contribution is -2.30. The van der Waals surface area contributed by atoms with Crippen LogP contribution < -0.4 is 4.90 Å². The van der Waals surface area contributed by atoms with Gasteiger partial charge >= 0.3 is 0 Å². The number of benzene rings is 7. The number of hydrogen-bond acceptors (Lipinski definition) is 1. The van der Waals surface area contributed by atoms with Gasteiger partial charge in [0.05, 0.1) is 16.7 Å². The van der Waals surface area contributed by atoms with E-state index in [-0.39, 0.29) is 5.41 Å². The molecule has 1 aliphatic carbocycles. The summed E-state index contributed by atoms with van der Waals surface area (Å²) in [6.45, 7) is 0. The van der Waals surface area contributed by atoms with Crippen molar-refractivity contribution in [2.24, 2.45) is 0 Å². The lowest BCUT2D eigenvalue weighted by Gasteiger charge is -2.39. The van der Waals surface area contributed by atoms with E-state index in [9.17, 15) is 0 Å². The smallest absolute Gasteiger partial charge is 0.0561 e. The summed E-state index contributed by atoms with van der Waals surface area (Å²) in [5.74, 6) is 0. The molecule has 0 spiro atoms. The predicted molar refractivity (Wildman–Crippen MR) is 211 cm³/mol. The van der Waals surface area contributed by atoms with E-state index in [4.69, 9.17) is 0 Å². The van der Waals surface area contributed by atoms with Gasteiger partial charge in [-0.3, -0.25) is 0 Å². The molecular formula is C48H40N2. The summed E-state index contributed by atoms with van der Waals surface area (Å²) in [6, 6.07) is 66.8. The van der Waals surface area contributed by atoms with Crippen molar-refractivity contribution in [3.05, 3.63) is 193 Å². The number of hydrogen-bond donors (Lipinski definition) is 0. The minimum Gasteiger partial charge on any atom is -0.310 e. The van der Waals surface area contributed by atoms with Gasteiger partial charge in [-0.2, -0.15) is 0 Å². The maximum Gasteiger partial charge on any atom is 0.0561 e. The first kappa shape index (κ1) is 30.2. The fourth-order valence-corrected chi connectivity index (χ4v) is 8.50. The van der Waals surface area contributed by atoms with Gasteiger partial charge in [0, 0.05) is 38.8 Å². The monoisotopic (exact) mass is 644 g/mol. The van der Waals surface area contributed by atoms with E-state index in [0.29, 0.717) is 0 Å². The summed E-state index contributed by atoms with van der Waals surface area (Å²) >= 11 is 0. The van der Waals surface area contributed by atoms with Crippen molar-refractivity contribution < 1.29 is 0 Å². The van der Waals surface area contributed by atoms with Crippen molar-refractivity contribution in [3.63, 3.8) is 0 Å². The average Bonchev–Trinajstić information content (AvgIpc) is 3.53. The lowest BCUT2D eigenvalue weighted by atomic mass is 9.65. The fourth-order valence-electron chi connectivity index (χ4n) is 8.50. The summed E-state index contributed by atoms with van der Waals surface area (Å²) in [5.41, 5.74) is 12.3. The molecule has 0 bridgehead atoms. The lowest BCUT2D eigenvalue weighted by molar-refractivity contribution is 0.346. The van der Waals surface area contributed by atoms with Crippen LogP contribution in [-0.2, 0) is 5.41 Å². The Morgan fingerprint density at radius 3 is 1.78 bits per heavy atom. The van der Waals surface area contributed by atoms with Gasteiger partial charge in [-0.05, 0) is 78.1 Å². The van der Waals surface area contributed by atoms with Crippen molar-refractivity contribution in [1.82, 2.24) is 4.57 Å². The molecule has 2 heteroatoms. The van der Waals surface area contributed by atoms with Crippen LogP contribution in [0, 0.1) is 0 Å². The molecule has 9 rings (SSSR count). The zero-order valence-corrected chi connectivity index (χ0v) is 28.3. The zero-order chi connectivity index (χ0) is 33.3. The molecule has 1 aromatic heterocycles. The van der Waals surface area contributed by atoms with Crippen LogP contribution in [0.5, 0.6) is 0 Å². The quantitative estimate of drug-likeness (QED) is 0.168. The van der Waals surface area contributed by atoms with E-state index >= 15 is 0 Å². The fraction of sp³-hybridized carbons (Fsp3) is 0.125. The maximum atomic E-state index is 2.45. The number of anilines is 3. The highest BCUT2D eigenvalue weighted by molar-refractivity contribution is 6.10. The average molecular weight is 645 g/mol. The molecule has 8 aromatic rings. The van der Waals surface area contributed by atoms with Crippen molar-refractivity contribution in [3.8, 4) is 16.8 Å². The van der Waals surface area contributed by atoms with Crippen LogP contribution in [-0.4, -0.2) is 4.57 Å². The van der Waals surface area contributed by atoms with Crippen LogP contribution in [0.15, 0.2) is 182 Å². The highest BCUT2D eigenvalue weighted by atomic mass is 15.1. The Balaban J connectivity index is 1.25. The first-order chi connectivity index (χ1) is 24.8. The van der Waals surface area contributed by atoms with Crippen molar-refractivity contribution >= 4 is 38.9 Å². The normalized spacial score (nSPS) is 14.2. The van der Waals surface area contributed by atoms with Gasteiger partial charge in [-0.1, -0.05) is 153 Å². The third kappa shape index (κ3) is 5.20. The first-order valence-corrected chi connectivity index (χ1v) is 18.0. The molecule has 242 valence electrons. The molecule has 0 saturated heterocycles. The van der Waals surface area contributed by atoms with Crippen molar-refractivity contribution in [2.45, 2.75) is 37.5 Å². The van der Waals surface area contributed by atoms with Crippen LogP contribution in [0.4, 0.5) is 17.1 Å². The molecule has 2 nitrogen and oxygen atoms in total. The van der Waals surface area contributed by atoms with Gasteiger partial charge in [0.2, 0.25) is 0 Å². The summed E-state index contributed by atoms with van der Waals surface area (Å²) in [4.78, 5) is 2.45. The van der Waals surface area contributed by atoms with E-state index in [1.807, 2.05) is 0 Å². The molecular weight excluding hydrogens is 605 g/mol. The highest BCUT2D eigenvalue weighted by Gasteiger charge is 2.35. The van der Waals surface area contributed by atoms with Gasteiger partial charge in [0.15, 0.2) is 0 Å². The van der Waals surface area contributed by atoms with E-state index in [0.717, 1.165) is 22.7 Å². The molecule has 0 atom stereocenters. The zero-order valence-electron chi connectivity index (χ0n) is 28.3. The molecule has 1 aliphatic rings. The summed E-state index contributed by atoms with van der Waals surface area (Å²) < 4.78 is 2.41. The molecule has 50 heavy (non-hydrogen) atoms. The number of para-hydroxylation sites is 3. The van der Waals surface area contributed by atoms with E-state index in [2.05, 4.69) is 191 Å². The molecule has 1 saturated carbocycles. The van der Waals surface area contributed by atoms with E-state index < -0.39 is 0 Å². The standard InChI is InChI=1S/C48H40N2/c1-5-17-36(18-6-1)42-23-11-13-25-45(42)49(40-29-27-38(28-30-40)48(33-15-4-16-34-48)37-19-7-2-8-20-37)41-31-32-44-43-24-12-14-26-46(43)50(47(44)35-41)39-21-9-3-10-22-39/h1-3,5-14,17-32,35H,4,15-16,33-34H2. The van der Waals surface area contributed by atoms with Gasteiger partial charge < -0.3 is 9.47 Å². The Hall–Kier alpha value is -5.86. The third-order valence-electron chi connectivity index (χ3n) is 10.9. The maximum absolute atomic E-state index is 2.45. The van der Waals surface area contributed by atoms with Crippen molar-refractivity contribution in [1.29, 1.82) is 0 Å². The Bertz CT molecular complexity index is 2380. The SMILES string of the molecule is c1ccc(-c2ccccc2N(c2ccc(C3(c4ccccc4)CCCCC3)cc2)c2ccc3c4ccccc4n(-c4ccccc4)c3c2)cc1. The van der Waals surface area contributed by atoms with Crippen LogP contribution in [0.1, 0.15) is 43.2 Å². The Morgan fingerprint density at radius 1 is 0.440 bits per heavy atom. The van der Waals surface area contributed by atoms with Gasteiger partial charge in [-0.25, -0.2) is 0 Å². The molecule has 7 aromatic carbocycles. The minimum atomic E-state index is 0.0559. The predicted octanol–water partition coefficient (Wildman–Crippen LogP) is 13.2. The summed E-state index contributed by atoms with van der Waals surface area (Å²) in [6.07, 6.45) is 6.24. The summed E-state index contributed by atoms with van der Waals surface area (Å²) in [7, 11) is 0. The second kappa shape index (κ2) is 12.9. The highest BCUT2D eigenvalue weighted by Crippen LogP contribution is 2.47. The Kier molecular flexibility index (Phi) is 7.78. The number of nitrogens with zero attached hydrogens (tertiary/aromatic N) is 2. The van der Waals surface area contributed by atoms with E-state index in [1.165, 1.54) is 76.2 Å². The molecule has 1 heterocycles. The van der Waals surface area contributed by atoms with Crippen LogP contribution in [0.25, 0.3) is 38.6 Å².